The number of rotatable bonds is 10. The summed E-state index contributed by atoms with van der Waals surface area (Å²) >= 11 is 5.76. The minimum atomic E-state index is -0.439. The summed E-state index contributed by atoms with van der Waals surface area (Å²) in [6.07, 6.45) is 0. The van der Waals surface area contributed by atoms with Crippen LogP contribution in [0.5, 0.6) is 5.75 Å². The maximum absolute atomic E-state index is 12.4. The molecule has 0 bridgehead atoms. The van der Waals surface area contributed by atoms with Crippen LogP contribution in [0.4, 0.5) is 5.13 Å². The van der Waals surface area contributed by atoms with Gasteiger partial charge in [-0.1, -0.05) is 39.0 Å². The fraction of sp³-hybridized carbons (Fsp3) is 0.350. The Labute approximate surface area is 202 Å². The maximum Gasteiger partial charge on any atom is 0.350 e. The van der Waals surface area contributed by atoms with Crippen LogP contribution in [0.15, 0.2) is 33.9 Å². The predicted octanol–water partition coefficient (Wildman–Crippen LogP) is 4.31. The Hall–Kier alpha value is -2.44. The van der Waals surface area contributed by atoms with Crippen LogP contribution in [0.3, 0.4) is 0 Å². The topological polar surface area (TPSA) is 108 Å². The van der Waals surface area contributed by atoms with Gasteiger partial charge in [-0.15, -0.1) is 10.2 Å². The number of amides is 1. The van der Waals surface area contributed by atoms with Gasteiger partial charge in [0, 0.05) is 11.0 Å². The molecule has 9 nitrogen and oxygen atoms in total. The monoisotopic (exact) mass is 539 g/mol. The van der Waals surface area contributed by atoms with E-state index in [9.17, 15) is 9.59 Å². The Kier molecular flexibility index (Phi) is 8.65. The molecule has 0 saturated heterocycles. The number of nitrogens with one attached hydrogen (secondary N) is 1. The molecule has 0 spiro atoms. The molecule has 3 rings (SSSR count). The van der Waals surface area contributed by atoms with Crippen LogP contribution in [0, 0.1) is 6.92 Å². The van der Waals surface area contributed by atoms with Gasteiger partial charge in [-0.25, -0.2) is 9.78 Å². The van der Waals surface area contributed by atoms with E-state index in [1.165, 1.54) is 11.8 Å². The molecule has 3 aromatic rings. The second kappa shape index (κ2) is 11.4. The molecule has 2 aromatic heterocycles. The van der Waals surface area contributed by atoms with Crippen molar-refractivity contribution in [2.45, 2.75) is 39.1 Å². The van der Waals surface area contributed by atoms with Gasteiger partial charge < -0.3 is 19.4 Å². The molecule has 0 fully saturated rings. The third kappa shape index (κ3) is 6.30. The first-order valence-electron chi connectivity index (χ1n) is 9.78. The number of carbonyl (C=O) groups excluding carboxylic acids is 2. The van der Waals surface area contributed by atoms with Crippen molar-refractivity contribution in [3.63, 3.8) is 0 Å². The molecule has 0 saturated carbocycles. The molecular weight excluding hydrogens is 518 g/mol. The number of hydrogen-bond donors (Lipinski definition) is 1. The molecule has 0 aliphatic carbocycles. The number of thioether (sulfide) groups is 1. The van der Waals surface area contributed by atoms with E-state index in [-0.39, 0.29) is 24.9 Å². The summed E-state index contributed by atoms with van der Waals surface area (Å²) in [5, 5.41) is 12.1. The standard InChI is InChI=1S/C20H22BrN5O4S2/c1-4-26-15(10-30-14-8-6-13(21)7-9-14)24-25-20(26)31-11-16(27)23-19-22-12(3)17(32-19)18(28)29-5-2/h6-9H,4-5,10-11H2,1-3H3,(H,22,23,27). The van der Waals surface area contributed by atoms with Crippen molar-refractivity contribution in [1.29, 1.82) is 0 Å². The summed E-state index contributed by atoms with van der Waals surface area (Å²) in [6.45, 7) is 6.61. The van der Waals surface area contributed by atoms with Crippen molar-refractivity contribution < 1.29 is 19.1 Å². The molecule has 0 atom stereocenters. The lowest BCUT2D eigenvalue weighted by molar-refractivity contribution is -0.113. The zero-order chi connectivity index (χ0) is 23.1. The number of thiazole rings is 1. The molecule has 1 N–H and O–H groups in total. The number of aryl methyl sites for hydroxylation is 1. The molecular formula is C20H22BrN5O4S2. The van der Waals surface area contributed by atoms with E-state index in [1.54, 1.807) is 13.8 Å². The Balaban J connectivity index is 1.56. The SMILES string of the molecule is CCOC(=O)c1sc(NC(=O)CSc2nnc(COc3ccc(Br)cc3)n2CC)nc1C. The van der Waals surface area contributed by atoms with Gasteiger partial charge in [0.15, 0.2) is 16.1 Å². The summed E-state index contributed by atoms with van der Waals surface area (Å²) in [7, 11) is 0. The second-order valence-electron chi connectivity index (χ2n) is 6.38. The van der Waals surface area contributed by atoms with Crippen molar-refractivity contribution in [3.05, 3.63) is 45.1 Å². The molecule has 2 heterocycles. The number of carbonyl (C=O) groups is 2. The molecule has 1 amide bonds. The van der Waals surface area contributed by atoms with E-state index in [2.05, 4.69) is 36.4 Å². The van der Waals surface area contributed by atoms with E-state index in [4.69, 9.17) is 9.47 Å². The number of halogens is 1. The van der Waals surface area contributed by atoms with E-state index in [1.807, 2.05) is 35.8 Å². The Morgan fingerprint density at radius 2 is 1.97 bits per heavy atom. The Bertz CT molecular complexity index is 1080. The van der Waals surface area contributed by atoms with Gasteiger partial charge in [0.2, 0.25) is 5.91 Å². The lowest BCUT2D eigenvalue weighted by atomic mass is 10.3. The molecule has 1 aromatic carbocycles. The summed E-state index contributed by atoms with van der Waals surface area (Å²) in [6, 6.07) is 7.54. The minimum Gasteiger partial charge on any atom is -0.486 e. The van der Waals surface area contributed by atoms with Crippen LogP contribution in [0.25, 0.3) is 0 Å². The summed E-state index contributed by atoms with van der Waals surface area (Å²) in [5.74, 6) is 0.837. The lowest BCUT2D eigenvalue weighted by Gasteiger charge is -2.09. The smallest absolute Gasteiger partial charge is 0.350 e. The van der Waals surface area contributed by atoms with Crippen LogP contribution in [0.1, 0.15) is 35.0 Å². The number of anilines is 1. The van der Waals surface area contributed by atoms with Gasteiger partial charge >= 0.3 is 5.97 Å². The zero-order valence-corrected chi connectivity index (χ0v) is 21.0. The number of benzene rings is 1. The van der Waals surface area contributed by atoms with Crippen LogP contribution in [0.2, 0.25) is 0 Å². The highest BCUT2D eigenvalue weighted by Crippen LogP contribution is 2.24. The van der Waals surface area contributed by atoms with E-state index < -0.39 is 5.97 Å². The number of aromatic nitrogens is 4. The molecule has 0 radical (unpaired) electrons. The molecule has 0 aliphatic rings. The Morgan fingerprint density at radius 1 is 1.22 bits per heavy atom. The zero-order valence-electron chi connectivity index (χ0n) is 17.8. The number of esters is 1. The first-order valence-corrected chi connectivity index (χ1v) is 12.4. The predicted molar refractivity (Wildman–Crippen MR) is 126 cm³/mol. The third-order valence-corrected chi connectivity index (χ3v) is 6.68. The highest BCUT2D eigenvalue weighted by atomic mass is 79.9. The van der Waals surface area contributed by atoms with Crippen molar-refractivity contribution in [2.24, 2.45) is 0 Å². The van der Waals surface area contributed by atoms with Gasteiger partial charge in [-0.2, -0.15) is 0 Å². The average Bonchev–Trinajstić information content (AvgIpc) is 3.34. The summed E-state index contributed by atoms with van der Waals surface area (Å²) in [5.41, 5.74) is 0.526. The first kappa shape index (κ1) is 24.2. The Morgan fingerprint density at radius 3 is 2.66 bits per heavy atom. The lowest BCUT2D eigenvalue weighted by Crippen LogP contribution is -2.14. The van der Waals surface area contributed by atoms with E-state index >= 15 is 0 Å². The largest absolute Gasteiger partial charge is 0.486 e. The molecule has 12 heteroatoms. The number of ether oxygens (including phenoxy) is 2. The van der Waals surface area contributed by atoms with Gasteiger partial charge in [0.25, 0.3) is 0 Å². The molecule has 0 aliphatic heterocycles. The van der Waals surface area contributed by atoms with E-state index in [0.717, 1.165) is 21.6 Å². The van der Waals surface area contributed by atoms with Crippen molar-refractivity contribution >= 4 is 56.0 Å². The van der Waals surface area contributed by atoms with Gasteiger partial charge in [0.05, 0.1) is 18.1 Å². The van der Waals surface area contributed by atoms with Gasteiger partial charge in [-0.3, -0.25) is 4.79 Å². The van der Waals surface area contributed by atoms with Gasteiger partial charge in [0.1, 0.15) is 17.2 Å². The van der Waals surface area contributed by atoms with Crippen molar-refractivity contribution in [3.8, 4) is 5.75 Å². The van der Waals surface area contributed by atoms with Crippen LogP contribution < -0.4 is 10.1 Å². The summed E-state index contributed by atoms with van der Waals surface area (Å²) in [4.78, 5) is 28.9. The van der Waals surface area contributed by atoms with Crippen LogP contribution in [-0.2, 0) is 22.7 Å². The van der Waals surface area contributed by atoms with Crippen molar-refractivity contribution in [1.82, 2.24) is 19.7 Å². The van der Waals surface area contributed by atoms with Crippen LogP contribution in [-0.4, -0.2) is 44.0 Å². The maximum atomic E-state index is 12.4. The fourth-order valence-corrected chi connectivity index (χ4v) is 4.61. The second-order valence-corrected chi connectivity index (χ2v) is 9.23. The third-order valence-electron chi connectivity index (χ3n) is 4.13. The minimum absolute atomic E-state index is 0.124. The highest BCUT2D eigenvalue weighted by molar-refractivity contribution is 9.10. The molecule has 170 valence electrons. The van der Waals surface area contributed by atoms with Crippen LogP contribution >= 0.6 is 39.0 Å². The van der Waals surface area contributed by atoms with Crippen molar-refractivity contribution in [2.75, 3.05) is 17.7 Å². The molecule has 32 heavy (non-hydrogen) atoms. The summed E-state index contributed by atoms with van der Waals surface area (Å²) < 4.78 is 13.7. The number of nitrogens with zero attached hydrogens (tertiary/aromatic N) is 4. The molecule has 0 unspecified atom stereocenters. The average molecular weight is 540 g/mol. The highest BCUT2D eigenvalue weighted by Gasteiger charge is 2.18. The number of hydrogen-bond acceptors (Lipinski definition) is 9. The normalized spacial score (nSPS) is 10.8. The van der Waals surface area contributed by atoms with E-state index in [0.29, 0.717) is 33.2 Å². The first-order chi connectivity index (χ1) is 15.4. The fourth-order valence-electron chi connectivity index (χ4n) is 2.65. The van der Waals surface area contributed by atoms with Gasteiger partial charge in [-0.05, 0) is 45.0 Å². The quantitative estimate of drug-likeness (QED) is 0.300.